The van der Waals surface area contributed by atoms with Gasteiger partial charge in [0.2, 0.25) is 0 Å². The van der Waals surface area contributed by atoms with Crippen molar-refractivity contribution in [3.63, 3.8) is 0 Å². The Morgan fingerprint density at radius 1 is 1.73 bits per heavy atom. The predicted octanol–water partition coefficient (Wildman–Crippen LogP) is 1.56. The third-order valence-corrected chi connectivity index (χ3v) is 2.86. The van der Waals surface area contributed by atoms with Crippen LogP contribution in [0.2, 0.25) is 0 Å². The molecule has 0 radical (unpaired) electrons. The minimum atomic E-state index is -0.431. The average Bonchev–Trinajstić information content (AvgIpc) is 2.75. The molecule has 80 valence electrons. The van der Waals surface area contributed by atoms with E-state index in [0.29, 0.717) is 0 Å². The third kappa shape index (κ3) is 1.80. The number of amides is 1. The van der Waals surface area contributed by atoms with Crippen LogP contribution in [0.1, 0.15) is 11.4 Å². The summed E-state index contributed by atoms with van der Waals surface area (Å²) in [6.45, 7) is 2.14. The lowest BCUT2D eigenvalue weighted by molar-refractivity contribution is 0.140. The molecule has 2 aromatic rings. The fraction of sp³-hybridized carbons (Fsp3) is 0.333. The van der Waals surface area contributed by atoms with Crippen LogP contribution in [-0.4, -0.2) is 22.5 Å². The van der Waals surface area contributed by atoms with E-state index in [2.05, 4.69) is 10.3 Å². The number of alkyl carbamates (subject to hydrolysis) is 1. The summed E-state index contributed by atoms with van der Waals surface area (Å²) in [6, 6.07) is 0. The molecule has 0 spiro atoms. The number of aromatic nitrogens is 2. The fourth-order valence-corrected chi connectivity index (χ4v) is 2.10. The van der Waals surface area contributed by atoms with Crippen molar-refractivity contribution in [2.45, 2.75) is 13.5 Å². The Hall–Kier alpha value is -1.56. The average molecular weight is 225 g/mol. The van der Waals surface area contributed by atoms with E-state index in [1.807, 2.05) is 22.9 Å². The van der Waals surface area contributed by atoms with Crippen LogP contribution in [0.15, 0.2) is 11.6 Å². The van der Waals surface area contributed by atoms with Gasteiger partial charge in [0, 0.05) is 18.6 Å². The standard InChI is InChI=1S/C9H11N3O2S/c1-6-7(5-14-9(13)10-2)12-3-4-15-8(12)11-6/h3-4H,5H2,1-2H3,(H,10,13). The number of ether oxygens (including phenoxy) is 1. The van der Waals surface area contributed by atoms with Crippen molar-refractivity contribution in [3.8, 4) is 0 Å². The van der Waals surface area contributed by atoms with Gasteiger partial charge in [-0.25, -0.2) is 9.78 Å². The fourth-order valence-electron chi connectivity index (χ4n) is 1.32. The first-order chi connectivity index (χ1) is 7.22. The molecule has 1 N–H and O–H groups in total. The molecule has 2 heterocycles. The first-order valence-electron chi connectivity index (χ1n) is 4.48. The highest BCUT2D eigenvalue weighted by molar-refractivity contribution is 7.15. The van der Waals surface area contributed by atoms with Crippen LogP contribution in [-0.2, 0) is 11.3 Å². The van der Waals surface area contributed by atoms with Gasteiger partial charge in [-0.05, 0) is 6.92 Å². The van der Waals surface area contributed by atoms with Crippen LogP contribution >= 0.6 is 11.3 Å². The van der Waals surface area contributed by atoms with E-state index in [4.69, 9.17) is 4.74 Å². The number of rotatable bonds is 2. The Kier molecular flexibility index (Phi) is 2.59. The minimum Gasteiger partial charge on any atom is -0.443 e. The molecule has 0 saturated heterocycles. The summed E-state index contributed by atoms with van der Waals surface area (Å²) in [5.74, 6) is 0. The smallest absolute Gasteiger partial charge is 0.407 e. The first kappa shape index (κ1) is 9.97. The number of thiazole rings is 1. The van der Waals surface area contributed by atoms with Crippen LogP contribution in [0.5, 0.6) is 0 Å². The number of hydrogen-bond donors (Lipinski definition) is 1. The summed E-state index contributed by atoms with van der Waals surface area (Å²) in [5.41, 5.74) is 1.81. The maximum atomic E-state index is 10.9. The van der Waals surface area contributed by atoms with Gasteiger partial charge in [0.25, 0.3) is 0 Å². The van der Waals surface area contributed by atoms with E-state index < -0.39 is 6.09 Å². The maximum absolute atomic E-state index is 10.9. The molecule has 0 fully saturated rings. The summed E-state index contributed by atoms with van der Waals surface area (Å²) in [7, 11) is 1.53. The molecule has 0 aliphatic carbocycles. The van der Waals surface area contributed by atoms with Crippen molar-refractivity contribution in [2.75, 3.05) is 7.05 Å². The van der Waals surface area contributed by atoms with Crippen LogP contribution < -0.4 is 5.32 Å². The Labute approximate surface area is 90.7 Å². The lowest BCUT2D eigenvalue weighted by atomic mass is 10.4. The van der Waals surface area contributed by atoms with E-state index in [1.165, 1.54) is 7.05 Å². The number of fused-ring (bicyclic) bond motifs is 1. The number of hydrogen-bond acceptors (Lipinski definition) is 4. The number of carbonyl (C=O) groups excluding carboxylic acids is 1. The summed E-state index contributed by atoms with van der Waals surface area (Å²) in [5, 5.41) is 4.35. The second-order valence-corrected chi connectivity index (χ2v) is 3.90. The van der Waals surface area contributed by atoms with Gasteiger partial charge in [-0.2, -0.15) is 0 Å². The van der Waals surface area contributed by atoms with E-state index in [-0.39, 0.29) is 6.61 Å². The monoisotopic (exact) mass is 225 g/mol. The first-order valence-corrected chi connectivity index (χ1v) is 5.36. The number of aryl methyl sites for hydroxylation is 1. The molecule has 5 nitrogen and oxygen atoms in total. The van der Waals surface area contributed by atoms with Crippen molar-refractivity contribution in [1.29, 1.82) is 0 Å². The molecular formula is C9H11N3O2S. The summed E-state index contributed by atoms with van der Waals surface area (Å²) in [4.78, 5) is 16.2. The Bertz CT molecular complexity index is 488. The van der Waals surface area contributed by atoms with E-state index in [0.717, 1.165) is 16.3 Å². The highest BCUT2D eigenvalue weighted by atomic mass is 32.1. The SMILES string of the molecule is CNC(=O)OCc1c(C)nc2sccn12. The molecule has 0 unspecified atom stereocenters. The quantitative estimate of drug-likeness (QED) is 0.843. The molecule has 0 saturated carbocycles. The van der Waals surface area contributed by atoms with E-state index in [1.54, 1.807) is 11.3 Å². The molecule has 1 amide bonds. The molecule has 15 heavy (non-hydrogen) atoms. The van der Waals surface area contributed by atoms with Crippen molar-refractivity contribution in [3.05, 3.63) is 23.0 Å². The predicted molar refractivity (Wildman–Crippen MR) is 57.1 cm³/mol. The van der Waals surface area contributed by atoms with E-state index in [9.17, 15) is 4.79 Å². The van der Waals surface area contributed by atoms with Crippen molar-refractivity contribution in [1.82, 2.24) is 14.7 Å². The topological polar surface area (TPSA) is 55.6 Å². The zero-order valence-corrected chi connectivity index (χ0v) is 9.30. The van der Waals surface area contributed by atoms with Gasteiger partial charge in [0.1, 0.15) is 6.61 Å². The highest BCUT2D eigenvalue weighted by Gasteiger charge is 2.10. The lowest BCUT2D eigenvalue weighted by Crippen LogP contribution is -2.19. The largest absolute Gasteiger partial charge is 0.443 e. The van der Waals surface area contributed by atoms with Crippen LogP contribution in [0, 0.1) is 6.92 Å². The number of nitrogens with zero attached hydrogens (tertiary/aromatic N) is 2. The number of carbonyl (C=O) groups is 1. The Balaban J connectivity index is 2.22. The summed E-state index contributed by atoms with van der Waals surface area (Å²) < 4.78 is 6.92. The number of imidazole rings is 1. The molecule has 2 aromatic heterocycles. The van der Waals surface area contributed by atoms with Gasteiger partial charge in [-0.15, -0.1) is 11.3 Å². The summed E-state index contributed by atoms with van der Waals surface area (Å²) in [6.07, 6.45) is 1.49. The molecule has 2 rings (SSSR count). The zero-order chi connectivity index (χ0) is 10.8. The molecule has 0 aliphatic rings. The van der Waals surface area contributed by atoms with Crippen molar-refractivity contribution >= 4 is 22.4 Å². The minimum absolute atomic E-state index is 0.239. The van der Waals surface area contributed by atoms with Crippen molar-refractivity contribution in [2.24, 2.45) is 0 Å². The van der Waals surface area contributed by atoms with Gasteiger partial charge in [-0.1, -0.05) is 0 Å². The molecular weight excluding hydrogens is 214 g/mol. The van der Waals surface area contributed by atoms with Gasteiger partial charge < -0.3 is 10.1 Å². The number of nitrogens with one attached hydrogen (secondary N) is 1. The maximum Gasteiger partial charge on any atom is 0.407 e. The second-order valence-electron chi connectivity index (χ2n) is 3.03. The molecule has 0 bridgehead atoms. The van der Waals surface area contributed by atoms with Gasteiger partial charge >= 0.3 is 6.09 Å². The highest BCUT2D eigenvalue weighted by Crippen LogP contribution is 2.17. The summed E-state index contributed by atoms with van der Waals surface area (Å²) >= 11 is 1.56. The zero-order valence-electron chi connectivity index (χ0n) is 8.48. The lowest BCUT2D eigenvalue weighted by Gasteiger charge is -2.03. The Morgan fingerprint density at radius 3 is 3.27 bits per heavy atom. The van der Waals surface area contributed by atoms with Gasteiger partial charge in [-0.3, -0.25) is 4.40 Å². The van der Waals surface area contributed by atoms with Crippen LogP contribution in [0.4, 0.5) is 4.79 Å². The van der Waals surface area contributed by atoms with Gasteiger partial charge in [0.15, 0.2) is 4.96 Å². The third-order valence-electron chi connectivity index (χ3n) is 2.11. The molecule has 0 aromatic carbocycles. The van der Waals surface area contributed by atoms with E-state index >= 15 is 0 Å². The van der Waals surface area contributed by atoms with Crippen molar-refractivity contribution < 1.29 is 9.53 Å². The normalized spacial score (nSPS) is 10.5. The molecule has 0 atom stereocenters. The second kappa shape index (κ2) is 3.90. The van der Waals surface area contributed by atoms with Crippen LogP contribution in [0.25, 0.3) is 4.96 Å². The van der Waals surface area contributed by atoms with Gasteiger partial charge in [0.05, 0.1) is 11.4 Å². The molecule has 0 aliphatic heterocycles. The van der Waals surface area contributed by atoms with Crippen LogP contribution in [0.3, 0.4) is 0 Å². The Morgan fingerprint density at radius 2 is 2.53 bits per heavy atom. The molecule has 6 heteroatoms.